The molecule has 6 nitrogen and oxygen atoms in total. The summed E-state index contributed by atoms with van der Waals surface area (Å²) < 4.78 is 45.3. The summed E-state index contributed by atoms with van der Waals surface area (Å²) in [7, 11) is -3.78. The molecule has 0 aromatic heterocycles. The highest BCUT2D eigenvalue weighted by atomic mass is 32.2. The number of nitrogens with zero attached hydrogens (tertiary/aromatic N) is 1. The molecule has 2 aliphatic rings. The normalized spacial score (nSPS) is 26.9. The summed E-state index contributed by atoms with van der Waals surface area (Å²) in [6.45, 7) is 1.12. The van der Waals surface area contributed by atoms with E-state index in [1.165, 1.54) is 22.5 Å². The Hall–Kier alpha value is -1.51. The second kappa shape index (κ2) is 5.94. The lowest BCUT2D eigenvalue weighted by atomic mass is 9.94. The van der Waals surface area contributed by atoms with Gasteiger partial charge in [0.2, 0.25) is 15.9 Å². The van der Waals surface area contributed by atoms with Crippen molar-refractivity contribution in [2.75, 3.05) is 26.2 Å². The standard InChI is InChI=1S/C14H17FN2O4S/c15-10-2-1-3-11(8-10)22(19,20)17-6-4-12-13(9-17)21-7-5-16-14(12)18/h1-3,8,12-13H,4-7,9H2,(H,16,18)/t12-,13+/m0/s1. The Morgan fingerprint density at radius 3 is 2.95 bits per heavy atom. The number of benzene rings is 1. The van der Waals surface area contributed by atoms with Crippen molar-refractivity contribution in [2.24, 2.45) is 5.92 Å². The van der Waals surface area contributed by atoms with Gasteiger partial charge in [-0.2, -0.15) is 4.31 Å². The van der Waals surface area contributed by atoms with Crippen LogP contribution in [-0.2, 0) is 19.6 Å². The minimum Gasteiger partial charge on any atom is -0.374 e. The number of hydrogen-bond acceptors (Lipinski definition) is 4. The van der Waals surface area contributed by atoms with Gasteiger partial charge in [0.15, 0.2) is 0 Å². The quantitative estimate of drug-likeness (QED) is 0.850. The maximum atomic E-state index is 13.3. The molecule has 0 radical (unpaired) electrons. The summed E-state index contributed by atoms with van der Waals surface area (Å²) >= 11 is 0. The van der Waals surface area contributed by atoms with Crippen molar-refractivity contribution in [3.63, 3.8) is 0 Å². The summed E-state index contributed by atoms with van der Waals surface area (Å²) in [6, 6.07) is 4.93. The highest BCUT2D eigenvalue weighted by Gasteiger charge is 2.40. The number of sulfonamides is 1. The van der Waals surface area contributed by atoms with Crippen LogP contribution in [0, 0.1) is 11.7 Å². The van der Waals surface area contributed by atoms with Gasteiger partial charge in [0, 0.05) is 19.6 Å². The molecule has 3 rings (SSSR count). The molecule has 1 N–H and O–H groups in total. The van der Waals surface area contributed by atoms with Crippen LogP contribution in [0.5, 0.6) is 0 Å². The van der Waals surface area contributed by atoms with Gasteiger partial charge in [-0.05, 0) is 24.6 Å². The molecular formula is C14H17FN2O4S. The van der Waals surface area contributed by atoms with E-state index in [2.05, 4.69) is 5.32 Å². The van der Waals surface area contributed by atoms with E-state index in [4.69, 9.17) is 4.74 Å². The number of amides is 1. The van der Waals surface area contributed by atoms with Crippen LogP contribution in [0.25, 0.3) is 0 Å². The first-order valence-electron chi connectivity index (χ1n) is 7.13. The van der Waals surface area contributed by atoms with E-state index in [9.17, 15) is 17.6 Å². The highest BCUT2D eigenvalue weighted by Crippen LogP contribution is 2.27. The van der Waals surface area contributed by atoms with Crippen LogP contribution < -0.4 is 5.32 Å². The van der Waals surface area contributed by atoms with Gasteiger partial charge in [-0.3, -0.25) is 4.79 Å². The number of ether oxygens (including phenoxy) is 1. The molecule has 2 aliphatic heterocycles. The SMILES string of the molecule is O=C1NCCO[C@@H]2CN(S(=O)(=O)c3cccc(F)c3)CC[C@H]12. The third-order valence-corrected chi connectivity index (χ3v) is 5.89. The summed E-state index contributed by atoms with van der Waals surface area (Å²) in [5, 5.41) is 2.75. The summed E-state index contributed by atoms with van der Waals surface area (Å²) in [6.07, 6.45) is -0.0648. The lowest BCUT2D eigenvalue weighted by Crippen LogP contribution is -2.50. The first-order chi connectivity index (χ1) is 10.5. The second-order valence-electron chi connectivity index (χ2n) is 5.42. The molecule has 8 heteroatoms. The number of halogens is 1. The number of carbonyl (C=O) groups is 1. The van der Waals surface area contributed by atoms with Crippen molar-refractivity contribution >= 4 is 15.9 Å². The van der Waals surface area contributed by atoms with Gasteiger partial charge >= 0.3 is 0 Å². The van der Waals surface area contributed by atoms with Crippen molar-refractivity contribution in [3.8, 4) is 0 Å². The van der Waals surface area contributed by atoms with E-state index >= 15 is 0 Å². The Bertz CT molecular complexity index is 679. The maximum Gasteiger partial charge on any atom is 0.243 e. The number of piperidine rings is 1. The number of nitrogens with one attached hydrogen (secondary N) is 1. The van der Waals surface area contributed by atoms with Gasteiger partial charge < -0.3 is 10.1 Å². The summed E-state index contributed by atoms with van der Waals surface area (Å²) in [5.41, 5.74) is 0. The van der Waals surface area contributed by atoms with E-state index < -0.39 is 21.9 Å². The van der Waals surface area contributed by atoms with Crippen molar-refractivity contribution in [3.05, 3.63) is 30.1 Å². The van der Waals surface area contributed by atoms with Crippen molar-refractivity contribution in [1.82, 2.24) is 9.62 Å². The zero-order valence-electron chi connectivity index (χ0n) is 11.9. The predicted molar refractivity (Wildman–Crippen MR) is 76.0 cm³/mol. The molecule has 22 heavy (non-hydrogen) atoms. The minimum absolute atomic E-state index is 0.0796. The minimum atomic E-state index is -3.78. The maximum absolute atomic E-state index is 13.3. The lowest BCUT2D eigenvalue weighted by Gasteiger charge is -2.35. The molecule has 0 bridgehead atoms. The van der Waals surface area contributed by atoms with Crippen LogP contribution in [0.1, 0.15) is 6.42 Å². The van der Waals surface area contributed by atoms with E-state index in [0.29, 0.717) is 19.6 Å². The summed E-state index contributed by atoms with van der Waals surface area (Å²) in [4.78, 5) is 11.8. The Morgan fingerprint density at radius 2 is 2.18 bits per heavy atom. The average Bonchev–Trinajstić information content (AvgIpc) is 2.69. The molecule has 1 aromatic rings. The van der Waals surface area contributed by atoms with Crippen LogP contribution in [0.3, 0.4) is 0 Å². The molecule has 2 fully saturated rings. The first kappa shape index (κ1) is 15.4. The highest BCUT2D eigenvalue weighted by molar-refractivity contribution is 7.89. The largest absolute Gasteiger partial charge is 0.374 e. The van der Waals surface area contributed by atoms with Crippen LogP contribution in [0.4, 0.5) is 4.39 Å². The predicted octanol–water partition coefficient (Wildman–Crippen LogP) is 0.351. The van der Waals surface area contributed by atoms with E-state index in [-0.39, 0.29) is 29.8 Å². The van der Waals surface area contributed by atoms with Crippen LogP contribution >= 0.6 is 0 Å². The lowest BCUT2D eigenvalue weighted by molar-refractivity contribution is -0.129. The monoisotopic (exact) mass is 328 g/mol. The number of fused-ring (bicyclic) bond motifs is 1. The molecule has 2 heterocycles. The number of carbonyl (C=O) groups excluding carboxylic acids is 1. The van der Waals surface area contributed by atoms with E-state index in [0.717, 1.165) is 6.07 Å². The molecule has 1 aromatic carbocycles. The number of hydrogen-bond donors (Lipinski definition) is 1. The average molecular weight is 328 g/mol. The molecule has 0 aliphatic carbocycles. The van der Waals surface area contributed by atoms with E-state index in [1.807, 2.05) is 0 Å². The van der Waals surface area contributed by atoms with Crippen LogP contribution in [0.2, 0.25) is 0 Å². The van der Waals surface area contributed by atoms with Crippen LogP contribution in [0.15, 0.2) is 29.2 Å². The van der Waals surface area contributed by atoms with Crippen molar-refractivity contribution in [2.45, 2.75) is 17.4 Å². The van der Waals surface area contributed by atoms with Gasteiger partial charge in [0.1, 0.15) is 5.82 Å². The van der Waals surface area contributed by atoms with E-state index in [1.54, 1.807) is 0 Å². The zero-order valence-corrected chi connectivity index (χ0v) is 12.7. The third kappa shape index (κ3) is 2.86. The van der Waals surface area contributed by atoms with Gasteiger partial charge in [-0.15, -0.1) is 0 Å². The van der Waals surface area contributed by atoms with Crippen molar-refractivity contribution < 1.29 is 22.3 Å². The second-order valence-corrected chi connectivity index (χ2v) is 7.35. The first-order valence-corrected chi connectivity index (χ1v) is 8.57. The molecule has 120 valence electrons. The van der Waals surface area contributed by atoms with Crippen molar-refractivity contribution in [1.29, 1.82) is 0 Å². The fourth-order valence-electron chi connectivity index (χ4n) is 2.87. The fourth-order valence-corrected chi connectivity index (χ4v) is 4.37. The molecule has 1 amide bonds. The Balaban J connectivity index is 1.83. The Labute approximate surface area is 128 Å². The smallest absolute Gasteiger partial charge is 0.243 e. The zero-order chi connectivity index (χ0) is 15.7. The van der Waals surface area contributed by atoms with Gasteiger partial charge in [-0.1, -0.05) is 6.07 Å². The molecule has 0 saturated carbocycles. The molecule has 0 spiro atoms. The number of rotatable bonds is 2. The van der Waals surface area contributed by atoms with Gasteiger partial charge in [0.25, 0.3) is 0 Å². The molecule has 2 saturated heterocycles. The molecule has 2 atom stereocenters. The molecular weight excluding hydrogens is 311 g/mol. The molecule has 0 unspecified atom stereocenters. The fraction of sp³-hybridized carbons (Fsp3) is 0.500. The van der Waals surface area contributed by atoms with Gasteiger partial charge in [-0.25, -0.2) is 12.8 Å². The Morgan fingerprint density at radius 1 is 1.36 bits per heavy atom. The van der Waals surface area contributed by atoms with Gasteiger partial charge in [0.05, 0.1) is 23.5 Å². The topological polar surface area (TPSA) is 75.7 Å². The Kier molecular flexibility index (Phi) is 4.16. The third-order valence-electron chi connectivity index (χ3n) is 4.03. The summed E-state index contributed by atoms with van der Waals surface area (Å²) in [5.74, 6) is -1.02. The van der Waals surface area contributed by atoms with Crippen LogP contribution in [-0.4, -0.2) is 51.0 Å².